The van der Waals surface area contributed by atoms with Crippen molar-refractivity contribution < 1.29 is 4.79 Å². The maximum absolute atomic E-state index is 11.8. The number of rotatable bonds is 2. The number of hydrogen-bond donors (Lipinski definition) is 0. The van der Waals surface area contributed by atoms with Gasteiger partial charge < -0.3 is 4.90 Å². The Kier molecular flexibility index (Phi) is 3.04. The molecule has 4 heteroatoms. The van der Waals surface area contributed by atoms with Gasteiger partial charge in [0.05, 0.1) is 0 Å². The summed E-state index contributed by atoms with van der Waals surface area (Å²) in [5.41, 5.74) is 1.19. The molecule has 1 fully saturated rings. The zero-order valence-electron chi connectivity index (χ0n) is 9.84. The summed E-state index contributed by atoms with van der Waals surface area (Å²) in [6, 6.07) is 8.16. The standard InChI is InChI=1S/C14H13BrN2O/c15-12-6-14(18)17(9-12)8-11-3-1-2-10-7-16-5-4-13(10)11/h1-5,7,12H,6,8-9H2. The molecule has 0 saturated carbocycles. The predicted octanol–water partition coefficient (Wildman–Crippen LogP) is 2.73. The minimum Gasteiger partial charge on any atom is -0.337 e. The summed E-state index contributed by atoms with van der Waals surface area (Å²) < 4.78 is 0. The Morgan fingerprint density at radius 2 is 2.28 bits per heavy atom. The number of hydrogen-bond acceptors (Lipinski definition) is 2. The highest BCUT2D eigenvalue weighted by Crippen LogP contribution is 2.23. The first kappa shape index (κ1) is 11.7. The molecule has 2 heterocycles. The Morgan fingerprint density at radius 3 is 3.06 bits per heavy atom. The Labute approximate surface area is 114 Å². The van der Waals surface area contributed by atoms with Crippen LogP contribution in [0.25, 0.3) is 10.8 Å². The Bertz CT molecular complexity index is 594. The van der Waals surface area contributed by atoms with Crippen LogP contribution in [0.1, 0.15) is 12.0 Å². The van der Waals surface area contributed by atoms with Gasteiger partial charge in [0.15, 0.2) is 0 Å². The second-order valence-corrected chi connectivity index (χ2v) is 5.88. The van der Waals surface area contributed by atoms with Crippen LogP contribution in [0.2, 0.25) is 0 Å². The Balaban J connectivity index is 1.93. The topological polar surface area (TPSA) is 33.2 Å². The Hall–Kier alpha value is -1.42. The number of amides is 1. The van der Waals surface area contributed by atoms with Crippen LogP contribution in [-0.2, 0) is 11.3 Å². The van der Waals surface area contributed by atoms with E-state index in [0.717, 1.165) is 11.9 Å². The number of fused-ring (bicyclic) bond motifs is 1. The molecule has 1 aromatic heterocycles. The smallest absolute Gasteiger partial charge is 0.224 e. The van der Waals surface area contributed by atoms with Gasteiger partial charge in [0.25, 0.3) is 0 Å². The highest BCUT2D eigenvalue weighted by Gasteiger charge is 2.27. The summed E-state index contributed by atoms with van der Waals surface area (Å²) in [6.45, 7) is 1.47. The lowest BCUT2D eigenvalue weighted by Gasteiger charge is -2.17. The number of nitrogens with zero attached hydrogens (tertiary/aromatic N) is 2. The molecule has 2 aromatic rings. The lowest BCUT2D eigenvalue weighted by atomic mass is 10.1. The molecular formula is C14H13BrN2O. The molecular weight excluding hydrogens is 292 g/mol. The van der Waals surface area contributed by atoms with Gasteiger partial charge in [0.1, 0.15) is 0 Å². The van der Waals surface area contributed by atoms with Crippen LogP contribution < -0.4 is 0 Å². The summed E-state index contributed by atoms with van der Waals surface area (Å²) in [5.74, 6) is 0.225. The van der Waals surface area contributed by atoms with Crippen molar-refractivity contribution in [3.8, 4) is 0 Å². The lowest BCUT2D eigenvalue weighted by Crippen LogP contribution is -2.24. The lowest BCUT2D eigenvalue weighted by molar-refractivity contribution is -0.128. The first-order valence-electron chi connectivity index (χ1n) is 5.97. The van der Waals surface area contributed by atoms with E-state index in [2.05, 4.69) is 27.0 Å². The van der Waals surface area contributed by atoms with Crippen molar-refractivity contribution in [3.63, 3.8) is 0 Å². The van der Waals surface area contributed by atoms with Crippen molar-refractivity contribution in [2.75, 3.05) is 6.54 Å². The quantitative estimate of drug-likeness (QED) is 0.799. The van der Waals surface area contributed by atoms with Gasteiger partial charge >= 0.3 is 0 Å². The fraction of sp³-hybridized carbons (Fsp3) is 0.286. The maximum atomic E-state index is 11.8. The normalized spacial score (nSPS) is 19.7. The summed E-state index contributed by atoms with van der Waals surface area (Å²) in [5, 5.41) is 2.30. The summed E-state index contributed by atoms with van der Waals surface area (Å²) >= 11 is 3.51. The average Bonchev–Trinajstić information content (AvgIpc) is 2.68. The van der Waals surface area contributed by atoms with Crippen LogP contribution in [0, 0.1) is 0 Å². The number of benzene rings is 1. The molecule has 0 aliphatic carbocycles. The zero-order chi connectivity index (χ0) is 12.5. The molecule has 1 aromatic carbocycles. The SMILES string of the molecule is O=C1CC(Br)CN1Cc1cccc2cnccc12. The maximum Gasteiger partial charge on any atom is 0.224 e. The molecule has 0 N–H and O–H groups in total. The minimum absolute atomic E-state index is 0.225. The van der Waals surface area contributed by atoms with Crippen molar-refractivity contribution in [1.29, 1.82) is 0 Å². The van der Waals surface area contributed by atoms with E-state index < -0.39 is 0 Å². The number of pyridine rings is 1. The third-order valence-electron chi connectivity index (χ3n) is 3.30. The second kappa shape index (κ2) is 4.69. The third-order valence-corrected chi connectivity index (χ3v) is 3.91. The molecule has 1 atom stereocenters. The minimum atomic E-state index is 0.225. The van der Waals surface area contributed by atoms with E-state index in [9.17, 15) is 4.79 Å². The molecule has 1 amide bonds. The molecule has 1 aliphatic rings. The van der Waals surface area contributed by atoms with Crippen LogP contribution in [0.4, 0.5) is 0 Å². The molecule has 0 bridgehead atoms. The first-order valence-corrected chi connectivity index (χ1v) is 6.89. The number of carbonyl (C=O) groups is 1. The number of aromatic nitrogens is 1. The molecule has 0 radical (unpaired) electrons. The molecule has 18 heavy (non-hydrogen) atoms. The average molecular weight is 305 g/mol. The highest BCUT2D eigenvalue weighted by atomic mass is 79.9. The number of halogens is 1. The first-order chi connectivity index (χ1) is 8.74. The van der Waals surface area contributed by atoms with Gasteiger partial charge in [-0.05, 0) is 17.0 Å². The molecule has 0 spiro atoms. The van der Waals surface area contributed by atoms with Gasteiger partial charge in [-0.2, -0.15) is 0 Å². The van der Waals surface area contributed by atoms with Crippen LogP contribution >= 0.6 is 15.9 Å². The number of likely N-dealkylation sites (tertiary alicyclic amines) is 1. The molecule has 1 aliphatic heterocycles. The van der Waals surface area contributed by atoms with Crippen LogP contribution in [-0.4, -0.2) is 27.2 Å². The fourth-order valence-electron chi connectivity index (χ4n) is 2.41. The van der Waals surface area contributed by atoms with Crippen LogP contribution in [0.15, 0.2) is 36.7 Å². The van der Waals surface area contributed by atoms with E-state index >= 15 is 0 Å². The van der Waals surface area contributed by atoms with E-state index in [1.807, 2.05) is 29.3 Å². The van der Waals surface area contributed by atoms with E-state index in [4.69, 9.17) is 0 Å². The second-order valence-electron chi connectivity index (χ2n) is 4.59. The largest absolute Gasteiger partial charge is 0.337 e. The summed E-state index contributed by atoms with van der Waals surface area (Å²) in [4.78, 5) is 18.1. The van der Waals surface area contributed by atoms with Crippen molar-refractivity contribution in [2.45, 2.75) is 17.8 Å². The highest BCUT2D eigenvalue weighted by molar-refractivity contribution is 9.09. The summed E-state index contributed by atoms with van der Waals surface area (Å²) in [6.07, 6.45) is 4.26. The number of carbonyl (C=O) groups excluding carboxylic acids is 1. The van der Waals surface area contributed by atoms with Crippen molar-refractivity contribution in [1.82, 2.24) is 9.88 Å². The molecule has 3 rings (SSSR count). The van der Waals surface area contributed by atoms with Crippen molar-refractivity contribution in [3.05, 3.63) is 42.2 Å². The van der Waals surface area contributed by atoms with Gasteiger partial charge in [-0.15, -0.1) is 0 Å². The van der Waals surface area contributed by atoms with Gasteiger partial charge in [0.2, 0.25) is 5.91 Å². The fourth-order valence-corrected chi connectivity index (χ4v) is 3.04. The van der Waals surface area contributed by atoms with E-state index in [0.29, 0.717) is 17.8 Å². The Morgan fingerprint density at radius 1 is 1.39 bits per heavy atom. The van der Waals surface area contributed by atoms with Crippen LogP contribution in [0.3, 0.4) is 0 Å². The van der Waals surface area contributed by atoms with Gasteiger partial charge in [-0.3, -0.25) is 9.78 Å². The molecule has 92 valence electrons. The predicted molar refractivity (Wildman–Crippen MR) is 74.5 cm³/mol. The molecule has 3 nitrogen and oxygen atoms in total. The third kappa shape index (κ3) is 2.12. The molecule has 1 unspecified atom stereocenters. The van der Waals surface area contributed by atoms with E-state index in [-0.39, 0.29) is 5.91 Å². The van der Waals surface area contributed by atoms with Gasteiger partial charge in [-0.1, -0.05) is 34.1 Å². The van der Waals surface area contributed by atoms with E-state index in [1.165, 1.54) is 10.9 Å². The van der Waals surface area contributed by atoms with Gasteiger partial charge in [-0.25, -0.2) is 0 Å². The van der Waals surface area contributed by atoms with Crippen molar-refractivity contribution >= 4 is 32.6 Å². The van der Waals surface area contributed by atoms with Crippen molar-refractivity contribution in [2.24, 2.45) is 0 Å². The number of alkyl halides is 1. The summed E-state index contributed by atoms with van der Waals surface area (Å²) in [7, 11) is 0. The zero-order valence-corrected chi connectivity index (χ0v) is 11.4. The van der Waals surface area contributed by atoms with Crippen LogP contribution in [0.5, 0.6) is 0 Å². The monoisotopic (exact) mass is 304 g/mol. The molecule has 1 saturated heterocycles. The van der Waals surface area contributed by atoms with Gasteiger partial charge in [0, 0.05) is 42.1 Å². The van der Waals surface area contributed by atoms with E-state index in [1.54, 1.807) is 6.20 Å².